The number of ether oxygens (including phenoxy) is 1. The van der Waals surface area contributed by atoms with Crippen molar-refractivity contribution in [2.75, 3.05) is 32.1 Å². The van der Waals surface area contributed by atoms with Gasteiger partial charge in [0.05, 0.1) is 6.61 Å². The van der Waals surface area contributed by atoms with Crippen LogP contribution < -0.4 is 15.5 Å². The molecular weight excluding hydrogens is 463 g/mol. The van der Waals surface area contributed by atoms with E-state index in [1.165, 1.54) is 22.4 Å². The molecule has 1 atom stereocenters. The second-order valence-corrected chi connectivity index (χ2v) is 7.04. The summed E-state index contributed by atoms with van der Waals surface area (Å²) in [4.78, 5) is 6.83. The summed E-state index contributed by atoms with van der Waals surface area (Å²) in [7, 11) is 3.55. The molecule has 1 aliphatic heterocycles. The molecule has 0 amide bonds. The Morgan fingerprint density at radius 1 is 1.14 bits per heavy atom. The molecule has 0 aliphatic carbocycles. The van der Waals surface area contributed by atoms with Gasteiger partial charge in [-0.05, 0) is 36.6 Å². The molecule has 1 fully saturated rings. The minimum Gasteiger partial charge on any atom is -0.380 e. The van der Waals surface area contributed by atoms with Crippen molar-refractivity contribution in [1.82, 2.24) is 10.6 Å². The number of hydrogen-bond donors (Lipinski definition) is 2. The minimum atomic E-state index is 0. The van der Waals surface area contributed by atoms with E-state index in [9.17, 15) is 0 Å². The molecule has 1 aliphatic rings. The average Bonchev–Trinajstić information content (AvgIpc) is 3.15. The highest BCUT2D eigenvalue weighted by Crippen LogP contribution is 2.20. The van der Waals surface area contributed by atoms with Gasteiger partial charge in [-0.25, -0.2) is 0 Å². The second kappa shape index (κ2) is 11.3. The van der Waals surface area contributed by atoms with Gasteiger partial charge in [-0.2, -0.15) is 0 Å². The third kappa shape index (κ3) is 6.10. The number of methoxy groups -OCH3 is 1. The number of nitrogens with one attached hydrogen (secondary N) is 2. The second-order valence-electron chi connectivity index (χ2n) is 7.04. The molecule has 0 saturated carbocycles. The lowest BCUT2D eigenvalue weighted by Crippen LogP contribution is -2.44. The highest BCUT2D eigenvalue weighted by Gasteiger charge is 2.23. The van der Waals surface area contributed by atoms with Crippen molar-refractivity contribution in [2.24, 2.45) is 4.99 Å². The Morgan fingerprint density at radius 2 is 1.86 bits per heavy atom. The molecule has 2 aromatic rings. The Balaban J connectivity index is 0.00000280. The molecule has 1 heterocycles. The van der Waals surface area contributed by atoms with E-state index in [1.54, 1.807) is 7.11 Å². The van der Waals surface area contributed by atoms with E-state index in [2.05, 4.69) is 69.9 Å². The third-order valence-electron chi connectivity index (χ3n) is 5.02. The number of nitrogens with zero attached hydrogens (tertiary/aromatic N) is 2. The van der Waals surface area contributed by atoms with E-state index < -0.39 is 0 Å². The maximum absolute atomic E-state index is 5.29. The van der Waals surface area contributed by atoms with Gasteiger partial charge in [-0.1, -0.05) is 42.0 Å². The Bertz CT molecular complexity index is 763. The van der Waals surface area contributed by atoms with Crippen molar-refractivity contribution >= 4 is 35.6 Å². The molecule has 0 radical (unpaired) electrons. The molecule has 0 spiro atoms. The van der Waals surface area contributed by atoms with Gasteiger partial charge in [0.15, 0.2) is 5.96 Å². The van der Waals surface area contributed by atoms with Crippen LogP contribution in [0.25, 0.3) is 0 Å². The molecule has 2 N–H and O–H groups in total. The van der Waals surface area contributed by atoms with E-state index in [0.29, 0.717) is 12.6 Å². The SMILES string of the molecule is CN=C(NCc1ccccc1COC)NC1CCN(c2ccc(C)cc2)C1.I. The standard InChI is InChI=1S/C22H30N4O.HI/c1-17-8-10-21(11-9-17)26-13-12-20(15-26)25-22(23-2)24-14-18-6-4-5-7-19(18)16-27-3;/h4-11,20H,12-16H2,1-3H3,(H2,23,24,25);1H. The van der Waals surface area contributed by atoms with Crippen LogP contribution in [-0.2, 0) is 17.9 Å². The van der Waals surface area contributed by atoms with Gasteiger partial charge in [0, 0.05) is 45.5 Å². The summed E-state index contributed by atoms with van der Waals surface area (Å²) in [5.74, 6) is 0.845. The van der Waals surface area contributed by atoms with Gasteiger partial charge in [-0.3, -0.25) is 4.99 Å². The molecule has 3 rings (SSSR count). The topological polar surface area (TPSA) is 48.9 Å². The van der Waals surface area contributed by atoms with Gasteiger partial charge in [0.2, 0.25) is 0 Å². The zero-order valence-electron chi connectivity index (χ0n) is 16.9. The third-order valence-corrected chi connectivity index (χ3v) is 5.02. The van der Waals surface area contributed by atoms with Crippen LogP contribution in [0.2, 0.25) is 0 Å². The Labute approximate surface area is 185 Å². The molecule has 1 unspecified atom stereocenters. The fraction of sp³-hybridized carbons (Fsp3) is 0.409. The first-order valence-corrected chi connectivity index (χ1v) is 9.54. The summed E-state index contributed by atoms with van der Waals surface area (Å²) < 4.78 is 5.29. The van der Waals surface area contributed by atoms with Crippen molar-refractivity contribution in [3.05, 3.63) is 65.2 Å². The van der Waals surface area contributed by atoms with Crippen LogP contribution in [0.5, 0.6) is 0 Å². The lowest BCUT2D eigenvalue weighted by Gasteiger charge is -2.21. The molecule has 28 heavy (non-hydrogen) atoms. The quantitative estimate of drug-likeness (QED) is 0.366. The molecule has 2 aromatic carbocycles. The van der Waals surface area contributed by atoms with Crippen LogP contribution in [0.15, 0.2) is 53.5 Å². The summed E-state index contributed by atoms with van der Waals surface area (Å²) in [6.45, 7) is 5.53. The zero-order valence-corrected chi connectivity index (χ0v) is 19.3. The monoisotopic (exact) mass is 494 g/mol. The lowest BCUT2D eigenvalue weighted by atomic mass is 10.1. The van der Waals surface area contributed by atoms with Crippen molar-refractivity contribution < 1.29 is 4.74 Å². The van der Waals surface area contributed by atoms with Gasteiger partial charge < -0.3 is 20.3 Å². The van der Waals surface area contributed by atoms with Crippen molar-refractivity contribution in [3.8, 4) is 0 Å². The van der Waals surface area contributed by atoms with Crippen molar-refractivity contribution in [3.63, 3.8) is 0 Å². The van der Waals surface area contributed by atoms with Crippen LogP contribution in [0.1, 0.15) is 23.1 Å². The number of halogens is 1. The van der Waals surface area contributed by atoms with E-state index in [4.69, 9.17) is 4.74 Å². The highest BCUT2D eigenvalue weighted by atomic mass is 127. The Hall–Kier alpha value is -1.80. The van der Waals surface area contributed by atoms with E-state index in [1.807, 2.05) is 13.1 Å². The number of guanidine groups is 1. The molecule has 0 bridgehead atoms. The number of aryl methyl sites for hydroxylation is 1. The van der Waals surface area contributed by atoms with Crippen LogP contribution in [0.4, 0.5) is 5.69 Å². The number of benzene rings is 2. The summed E-state index contributed by atoms with van der Waals surface area (Å²) in [6, 6.07) is 17.5. The molecule has 0 aromatic heterocycles. The van der Waals surface area contributed by atoms with Crippen molar-refractivity contribution in [2.45, 2.75) is 32.5 Å². The van der Waals surface area contributed by atoms with Gasteiger partial charge in [0.1, 0.15) is 0 Å². The van der Waals surface area contributed by atoms with E-state index in [-0.39, 0.29) is 24.0 Å². The average molecular weight is 494 g/mol. The van der Waals surface area contributed by atoms with Crippen molar-refractivity contribution in [1.29, 1.82) is 0 Å². The van der Waals surface area contributed by atoms with Crippen LogP contribution in [0.3, 0.4) is 0 Å². The smallest absolute Gasteiger partial charge is 0.191 e. The number of aliphatic imine (C=N–C) groups is 1. The largest absolute Gasteiger partial charge is 0.380 e. The van der Waals surface area contributed by atoms with E-state index >= 15 is 0 Å². The first-order chi connectivity index (χ1) is 13.2. The maximum atomic E-state index is 5.29. The number of rotatable bonds is 6. The first kappa shape index (κ1) is 22.5. The van der Waals surface area contributed by atoms with Crippen LogP contribution in [0, 0.1) is 6.92 Å². The Morgan fingerprint density at radius 3 is 2.54 bits per heavy atom. The van der Waals surface area contributed by atoms with Crippen LogP contribution in [-0.4, -0.2) is 39.2 Å². The summed E-state index contributed by atoms with van der Waals surface area (Å²) in [5.41, 5.74) is 5.02. The van der Waals surface area contributed by atoms with Crippen LogP contribution >= 0.6 is 24.0 Å². The van der Waals surface area contributed by atoms with E-state index in [0.717, 1.165) is 32.0 Å². The highest BCUT2D eigenvalue weighted by molar-refractivity contribution is 14.0. The molecular formula is C22H31IN4O. The summed E-state index contributed by atoms with van der Waals surface area (Å²) >= 11 is 0. The van der Waals surface area contributed by atoms with Gasteiger partial charge in [0.25, 0.3) is 0 Å². The minimum absolute atomic E-state index is 0. The van der Waals surface area contributed by atoms with Gasteiger partial charge >= 0.3 is 0 Å². The number of anilines is 1. The van der Waals surface area contributed by atoms with Gasteiger partial charge in [-0.15, -0.1) is 24.0 Å². The Kier molecular flexibility index (Phi) is 9.05. The first-order valence-electron chi connectivity index (χ1n) is 9.54. The molecule has 5 nitrogen and oxygen atoms in total. The zero-order chi connectivity index (χ0) is 19.1. The summed E-state index contributed by atoms with van der Waals surface area (Å²) in [6.07, 6.45) is 1.11. The summed E-state index contributed by atoms with van der Waals surface area (Å²) in [5, 5.41) is 7.00. The molecule has 152 valence electrons. The fourth-order valence-electron chi connectivity index (χ4n) is 3.46. The predicted octanol–water partition coefficient (Wildman–Crippen LogP) is 3.70. The lowest BCUT2D eigenvalue weighted by molar-refractivity contribution is 0.184. The predicted molar refractivity (Wildman–Crippen MR) is 128 cm³/mol. The molecule has 1 saturated heterocycles. The molecule has 6 heteroatoms. The maximum Gasteiger partial charge on any atom is 0.191 e. The number of hydrogen-bond acceptors (Lipinski definition) is 3. The fourth-order valence-corrected chi connectivity index (χ4v) is 3.46. The normalized spacial score (nSPS) is 16.6.